The molecule has 27 heavy (non-hydrogen) atoms. The van der Waals surface area contributed by atoms with E-state index in [1.165, 1.54) is 12.7 Å². The summed E-state index contributed by atoms with van der Waals surface area (Å²) in [4.78, 5) is 23.7. The van der Waals surface area contributed by atoms with Crippen LogP contribution >= 0.6 is 0 Å². The number of anilines is 1. The van der Waals surface area contributed by atoms with E-state index in [0.717, 1.165) is 37.2 Å². The quantitative estimate of drug-likeness (QED) is 0.768. The molecule has 2 aromatic carbocycles. The summed E-state index contributed by atoms with van der Waals surface area (Å²) in [5.74, 6) is 0.246. The Kier molecular flexibility index (Phi) is 6.60. The van der Waals surface area contributed by atoms with Crippen molar-refractivity contribution in [1.82, 2.24) is 5.32 Å². The molecule has 0 bridgehead atoms. The lowest BCUT2D eigenvalue weighted by molar-refractivity contribution is -0.140. The molecule has 0 spiro atoms. The van der Waals surface area contributed by atoms with Crippen LogP contribution in [0.15, 0.2) is 48.5 Å². The Hall–Kier alpha value is -2.66. The molecule has 0 unspecified atom stereocenters. The first-order chi connectivity index (χ1) is 13.2. The van der Waals surface area contributed by atoms with E-state index in [2.05, 4.69) is 27.5 Å². The van der Waals surface area contributed by atoms with Gasteiger partial charge in [0, 0.05) is 17.7 Å². The first kappa shape index (κ1) is 19.1. The summed E-state index contributed by atoms with van der Waals surface area (Å²) < 4.78 is 4.65. The lowest BCUT2D eigenvalue weighted by Crippen LogP contribution is -2.26. The third-order valence-corrected chi connectivity index (χ3v) is 5.04. The van der Waals surface area contributed by atoms with Gasteiger partial charge in [0.1, 0.15) is 0 Å². The van der Waals surface area contributed by atoms with E-state index in [1.807, 2.05) is 36.4 Å². The fourth-order valence-corrected chi connectivity index (χ4v) is 3.37. The number of piperidine rings is 1. The minimum atomic E-state index is -0.222. The Morgan fingerprint density at radius 2 is 1.70 bits per heavy atom. The second-order valence-electron chi connectivity index (χ2n) is 6.87. The van der Waals surface area contributed by atoms with Crippen LogP contribution in [-0.2, 0) is 16.0 Å². The first-order valence-corrected chi connectivity index (χ1v) is 9.43. The molecular weight excluding hydrogens is 340 g/mol. The smallest absolute Gasteiger partial charge is 0.305 e. The number of nitrogens with one attached hydrogen (secondary N) is 2. The van der Waals surface area contributed by atoms with E-state index in [0.29, 0.717) is 24.3 Å². The zero-order chi connectivity index (χ0) is 19.1. The molecule has 2 N–H and O–H groups in total. The SMILES string of the molecule is COC(=O)CCc1ccc(NC(=O)c2ccc(C3CCNCC3)cc2)cc1. The van der Waals surface area contributed by atoms with Gasteiger partial charge in [-0.1, -0.05) is 24.3 Å². The standard InChI is InChI=1S/C22H26N2O3/c1-27-21(25)11-4-16-2-9-20(10-3-16)24-22(26)19-7-5-17(6-8-19)18-12-14-23-15-13-18/h2-3,5-10,18,23H,4,11-15H2,1H3,(H,24,26). The van der Waals surface area contributed by atoms with Crippen LogP contribution in [0, 0.1) is 0 Å². The number of hydrogen-bond acceptors (Lipinski definition) is 4. The maximum atomic E-state index is 12.5. The number of benzene rings is 2. The Balaban J connectivity index is 1.55. The molecular formula is C22H26N2O3. The zero-order valence-electron chi connectivity index (χ0n) is 15.7. The number of carbonyl (C=O) groups is 2. The highest BCUT2D eigenvalue weighted by Crippen LogP contribution is 2.25. The lowest BCUT2D eigenvalue weighted by Gasteiger charge is -2.23. The van der Waals surface area contributed by atoms with Crippen LogP contribution in [0.5, 0.6) is 0 Å². The minimum absolute atomic E-state index is 0.117. The van der Waals surface area contributed by atoms with Gasteiger partial charge in [-0.25, -0.2) is 0 Å². The van der Waals surface area contributed by atoms with Crippen molar-refractivity contribution in [3.8, 4) is 0 Å². The van der Waals surface area contributed by atoms with Crippen molar-refractivity contribution in [1.29, 1.82) is 0 Å². The van der Waals surface area contributed by atoms with Crippen LogP contribution < -0.4 is 10.6 Å². The zero-order valence-corrected chi connectivity index (χ0v) is 15.7. The second kappa shape index (κ2) is 9.33. The van der Waals surface area contributed by atoms with Gasteiger partial charge in [0.15, 0.2) is 0 Å². The van der Waals surface area contributed by atoms with E-state index in [-0.39, 0.29) is 11.9 Å². The second-order valence-corrected chi connectivity index (χ2v) is 6.87. The molecule has 1 aliphatic heterocycles. The minimum Gasteiger partial charge on any atom is -0.469 e. The highest BCUT2D eigenvalue weighted by molar-refractivity contribution is 6.04. The maximum Gasteiger partial charge on any atom is 0.305 e. The van der Waals surface area contributed by atoms with Crippen LogP contribution in [-0.4, -0.2) is 32.1 Å². The number of rotatable bonds is 6. The molecule has 5 nitrogen and oxygen atoms in total. The van der Waals surface area contributed by atoms with Gasteiger partial charge < -0.3 is 15.4 Å². The van der Waals surface area contributed by atoms with Crippen molar-refractivity contribution >= 4 is 17.6 Å². The van der Waals surface area contributed by atoms with Gasteiger partial charge in [-0.15, -0.1) is 0 Å². The Morgan fingerprint density at radius 1 is 1.04 bits per heavy atom. The number of methoxy groups -OCH3 is 1. The van der Waals surface area contributed by atoms with Crippen molar-refractivity contribution in [2.45, 2.75) is 31.6 Å². The van der Waals surface area contributed by atoms with Crippen LogP contribution in [0.25, 0.3) is 0 Å². The maximum absolute atomic E-state index is 12.5. The summed E-state index contributed by atoms with van der Waals surface area (Å²) >= 11 is 0. The molecule has 1 aliphatic rings. The molecule has 5 heteroatoms. The highest BCUT2D eigenvalue weighted by atomic mass is 16.5. The third-order valence-electron chi connectivity index (χ3n) is 5.04. The lowest BCUT2D eigenvalue weighted by atomic mass is 9.90. The molecule has 2 aromatic rings. The van der Waals surface area contributed by atoms with Gasteiger partial charge in [0.05, 0.1) is 7.11 Å². The Morgan fingerprint density at radius 3 is 2.33 bits per heavy atom. The molecule has 0 saturated carbocycles. The average molecular weight is 366 g/mol. The van der Waals surface area contributed by atoms with Crippen LogP contribution in [0.2, 0.25) is 0 Å². The summed E-state index contributed by atoms with van der Waals surface area (Å²) in [6, 6.07) is 15.5. The molecule has 3 rings (SSSR count). The number of aryl methyl sites for hydroxylation is 1. The monoisotopic (exact) mass is 366 g/mol. The number of amides is 1. The van der Waals surface area contributed by atoms with E-state index in [9.17, 15) is 9.59 Å². The fraction of sp³-hybridized carbons (Fsp3) is 0.364. The van der Waals surface area contributed by atoms with Gasteiger partial charge in [-0.05, 0) is 73.7 Å². The topological polar surface area (TPSA) is 67.4 Å². The molecule has 0 aliphatic carbocycles. The van der Waals surface area contributed by atoms with E-state index in [1.54, 1.807) is 0 Å². The van der Waals surface area contributed by atoms with Gasteiger partial charge in [-0.2, -0.15) is 0 Å². The van der Waals surface area contributed by atoms with Crippen molar-refractivity contribution in [3.63, 3.8) is 0 Å². The Bertz CT molecular complexity index is 763. The van der Waals surface area contributed by atoms with Gasteiger partial charge in [0.2, 0.25) is 0 Å². The normalized spacial score (nSPS) is 14.6. The molecule has 1 fully saturated rings. The number of hydrogen-bond donors (Lipinski definition) is 2. The first-order valence-electron chi connectivity index (χ1n) is 9.43. The van der Waals surface area contributed by atoms with Crippen molar-refractivity contribution in [3.05, 3.63) is 65.2 Å². The summed E-state index contributed by atoms with van der Waals surface area (Å²) in [6.45, 7) is 2.12. The molecule has 0 atom stereocenters. The number of carbonyl (C=O) groups excluding carboxylic acids is 2. The van der Waals surface area contributed by atoms with Crippen LogP contribution in [0.1, 0.15) is 46.7 Å². The van der Waals surface area contributed by atoms with Crippen molar-refractivity contribution < 1.29 is 14.3 Å². The Labute approximate surface area is 160 Å². The largest absolute Gasteiger partial charge is 0.469 e. The van der Waals surface area contributed by atoms with Gasteiger partial charge >= 0.3 is 5.97 Å². The van der Waals surface area contributed by atoms with E-state index >= 15 is 0 Å². The number of ether oxygens (including phenoxy) is 1. The summed E-state index contributed by atoms with van der Waals surface area (Å²) in [7, 11) is 1.39. The molecule has 142 valence electrons. The molecule has 1 amide bonds. The van der Waals surface area contributed by atoms with E-state index < -0.39 is 0 Å². The van der Waals surface area contributed by atoms with E-state index in [4.69, 9.17) is 0 Å². The molecule has 0 radical (unpaired) electrons. The number of esters is 1. The van der Waals surface area contributed by atoms with Gasteiger partial charge in [-0.3, -0.25) is 9.59 Å². The summed E-state index contributed by atoms with van der Waals surface area (Å²) in [6.07, 6.45) is 3.27. The molecule has 0 aromatic heterocycles. The van der Waals surface area contributed by atoms with Crippen molar-refractivity contribution in [2.24, 2.45) is 0 Å². The predicted molar refractivity (Wildman–Crippen MR) is 106 cm³/mol. The van der Waals surface area contributed by atoms with Gasteiger partial charge in [0.25, 0.3) is 5.91 Å². The predicted octanol–water partition coefficient (Wildman–Crippen LogP) is 3.51. The summed E-state index contributed by atoms with van der Waals surface area (Å²) in [5.41, 5.74) is 3.74. The fourth-order valence-electron chi connectivity index (χ4n) is 3.37. The van der Waals surface area contributed by atoms with Crippen molar-refractivity contribution in [2.75, 3.05) is 25.5 Å². The van der Waals surface area contributed by atoms with Crippen LogP contribution in [0.3, 0.4) is 0 Å². The molecule has 1 heterocycles. The molecule has 1 saturated heterocycles. The highest BCUT2D eigenvalue weighted by Gasteiger charge is 2.15. The summed E-state index contributed by atoms with van der Waals surface area (Å²) in [5, 5.41) is 6.29. The third kappa shape index (κ3) is 5.41. The van der Waals surface area contributed by atoms with Crippen LogP contribution in [0.4, 0.5) is 5.69 Å². The average Bonchev–Trinajstić information content (AvgIpc) is 2.73.